The van der Waals surface area contributed by atoms with Gasteiger partial charge in [0.2, 0.25) is 5.91 Å². The van der Waals surface area contributed by atoms with Gasteiger partial charge in [-0.3, -0.25) is 19.3 Å². The van der Waals surface area contributed by atoms with Gasteiger partial charge < -0.3 is 14.8 Å². The molecule has 2 aromatic rings. The molecule has 1 saturated heterocycles. The van der Waals surface area contributed by atoms with Gasteiger partial charge in [-0.15, -0.1) is 0 Å². The Labute approximate surface area is 199 Å². The maximum atomic E-state index is 12.5. The number of imide groups is 1. The van der Waals surface area contributed by atoms with Crippen LogP contribution in [0.5, 0.6) is 11.5 Å². The van der Waals surface area contributed by atoms with Gasteiger partial charge in [0.05, 0.1) is 12.0 Å². The predicted octanol–water partition coefficient (Wildman–Crippen LogP) is 4.47. The summed E-state index contributed by atoms with van der Waals surface area (Å²) in [5.74, 6) is -0.874. The molecule has 0 atom stereocenters. The Bertz CT molecular complexity index is 1130. The van der Waals surface area contributed by atoms with Gasteiger partial charge >= 0.3 is 6.61 Å². The van der Waals surface area contributed by atoms with Crippen LogP contribution in [0.1, 0.15) is 16.7 Å². The lowest BCUT2D eigenvalue weighted by Gasteiger charge is -2.12. The number of thioether (sulfide) groups is 1. The fraction of sp³-hybridized carbons (Fsp3) is 0.208. The molecule has 1 aliphatic heterocycles. The third kappa shape index (κ3) is 6.67. The Balaban J connectivity index is 1.52. The number of rotatable bonds is 9. The second-order valence-corrected chi connectivity index (χ2v) is 8.15. The molecule has 0 saturated carbocycles. The Morgan fingerprint density at radius 2 is 1.82 bits per heavy atom. The van der Waals surface area contributed by atoms with Gasteiger partial charge in [-0.2, -0.15) is 8.78 Å². The van der Waals surface area contributed by atoms with Crippen LogP contribution < -0.4 is 14.8 Å². The van der Waals surface area contributed by atoms with E-state index in [0.29, 0.717) is 10.5 Å². The lowest BCUT2D eigenvalue weighted by atomic mass is 10.1. The van der Waals surface area contributed by atoms with Gasteiger partial charge in [-0.25, -0.2) is 0 Å². The number of ether oxygens (including phenoxy) is 2. The van der Waals surface area contributed by atoms with Gasteiger partial charge in [-0.05, 0) is 54.1 Å². The van der Waals surface area contributed by atoms with Crippen LogP contribution in [-0.4, -0.2) is 48.8 Å². The number of benzene rings is 2. The number of methoxy groups -OCH3 is 1. The van der Waals surface area contributed by atoms with Crippen LogP contribution in [-0.2, 0) is 9.59 Å². The first-order valence-corrected chi connectivity index (χ1v) is 11.0. The summed E-state index contributed by atoms with van der Waals surface area (Å²) >= 11 is 0.858. The van der Waals surface area contributed by atoms with Crippen molar-refractivity contribution in [3.05, 3.63) is 70.1 Å². The molecule has 1 fully saturated rings. The normalized spacial score (nSPS) is 15.0. The van der Waals surface area contributed by atoms with E-state index in [2.05, 4.69) is 10.1 Å². The number of halogens is 2. The van der Waals surface area contributed by atoms with Gasteiger partial charge in [0.1, 0.15) is 0 Å². The molecular formula is C24H22F2N2O5S. The van der Waals surface area contributed by atoms with E-state index >= 15 is 0 Å². The van der Waals surface area contributed by atoms with E-state index in [-0.39, 0.29) is 24.6 Å². The van der Waals surface area contributed by atoms with E-state index < -0.39 is 23.7 Å². The molecule has 34 heavy (non-hydrogen) atoms. The van der Waals surface area contributed by atoms with Crippen LogP contribution >= 0.6 is 11.8 Å². The lowest BCUT2D eigenvalue weighted by molar-refractivity contribution is -0.123. The molecule has 0 aliphatic carbocycles. The summed E-state index contributed by atoms with van der Waals surface area (Å²) in [5, 5.41) is 2.21. The van der Waals surface area contributed by atoms with Gasteiger partial charge in [-0.1, -0.05) is 35.9 Å². The van der Waals surface area contributed by atoms with Crippen molar-refractivity contribution in [2.24, 2.45) is 0 Å². The van der Waals surface area contributed by atoms with Crippen molar-refractivity contribution in [2.75, 3.05) is 20.2 Å². The van der Waals surface area contributed by atoms with E-state index in [1.807, 2.05) is 31.2 Å². The van der Waals surface area contributed by atoms with Crippen molar-refractivity contribution >= 4 is 41.0 Å². The standard InChI is InChI=1S/C24H22F2N2O5S/c1-15-3-5-17(6-4-15)14-20-22(30)28(24(31)34-20)12-11-27-21(29)10-8-16-7-9-18(33-23(25)26)19(13-16)32-2/h3-10,13-14,23H,11-12H2,1-2H3,(H,27,29). The number of hydrogen-bond donors (Lipinski definition) is 1. The van der Waals surface area contributed by atoms with Crippen molar-refractivity contribution < 1.29 is 32.6 Å². The fourth-order valence-electron chi connectivity index (χ4n) is 3.01. The van der Waals surface area contributed by atoms with Crippen LogP contribution in [0.4, 0.5) is 13.6 Å². The van der Waals surface area contributed by atoms with E-state index in [4.69, 9.17) is 4.74 Å². The van der Waals surface area contributed by atoms with E-state index in [1.165, 1.54) is 37.5 Å². The van der Waals surface area contributed by atoms with Crippen molar-refractivity contribution in [2.45, 2.75) is 13.5 Å². The molecule has 3 amide bonds. The highest BCUT2D eigenvalue weighted by Gasteiger charge is 2.34. The summed E-state index contributed by atoms with van der Waals surface area (Å²) in [6, 6.07) is 11.8. The summed E-state index contributed by atoms with van der Waals surface area (Å²) in [6.07, 6.45) is 4.37. The number of nitrogens with zero attached hydrogens (tertiary/aromatic N) is 1. The summed E-state index contributed by atoms with van der Waals surface area (Å²) in [5.41, 5.74) is 2.44. The van der Waals surface area contributed by atoms with Crippen LogP contribution in [0.15, 0.2) is 53.4 Å². The molecular weight excluding hydrogens is 466 g/mol. The molecule has 0 radical (unpaired) electrons. The molecule has 10 heteroatoms. The fourth-order valence-corrected chi connectivity index (χ4v) is 3.87. The summed E-state index contributed by atoms with van der Waals surface area (Å²) in [6.45, 7) is -0.922. The van der Waals surface area contributed by atoms with E-state index in [9.17, 15) is 23.2 Å². The number of alkyl halides is 2. The Hall–Kier alpha value is -3.66. The van der Waals surface area contributed by atoms with Crippen LogP contribution in [0, 0.1) is 6.92 Å². The van der Waals surface area contributed by atoms with Crippen molar-refractivity contribution in [1.29, 1.82) is 0 Å². The maximum Gasteiger partial charge on any atom is 0.387 e. The molecule has 0 spiro atoms. The number of carbonyl (C=O) groups excluding carboxylic acids is 3. The summed E-state index contributed by atoms with van der Waals surface area (Å²) in [4.78, 5) is 38.3. The van der Waals surface area contributed by atoms with Crippen LogP contribution in [0.2, 0.25) is 0 Å². The highest BCUT2D eigenvalue weighted by Crippen LogP contribution is 2.32. The van der Waals surface area contributed by atoms with Crippen molar-refractivity contribution in [3.8, 4) is 11.5 Å². The monoisotopic (exact) mass is 488 g/mol. The van der Waals surface area contributed by atoms with Crippen molar-refractivity contribution in [1.82, 2.24) is 10.2 Å². The van der Waals surface area contributed by atoms with E-state index in [0.717, 1.165) is 27.8 Å². The number of hydrogen-bond acceptors (Lipinski definition) is 6. The first-order valence-electron chi connectivity index (χ1n) is 10.2. The molecule has 0 bridgehead atoms. The molecule has 178 valence electrons. The zero-order chi connectivity index (χ0) is 24.7. The molecule has 1 aliphatic rings. The SMILES string of the molecule is COc1cc(C=CC(=O)NCCN2C(=O)SC(=Cc3ccc(C)cc3)C2=O)ccc1OC(F)F. The molecule has 1 heterocycles. The molecule has 3 rings (SSSR count). The molecule has 0 unspecified atom stereocenters. The van der Waals surface area contributed by atoms with Crippen LogP contribution in [0.25, 0.3) is 12.2 Å². The molecule has 2 aromatic carbocycles. The Morgan fingerprint density at radius 1 is 1.12 bits per heavy atom. The zero-order valence-electron chi connectivity index (χ0n) is 18.4. The highest BCUT2D eigenvalue weighted by atomic mass is 32.2. The first-order chi connectivity index (χ1) is 16.3. The second-order valence-electron chi connectivity index (χ2n) is 7.16. The second kappa shape index (κ2) is 11.5. The molecule has 7 nitrogen and oxygen atoms in total. The van der Waals surface area contributed by atoms with Crippen LogP contribution in [0.3, 0.4) is 0 Å². The topological polar surface area (TPSA) is 84.9 Å². The Morgan fingerprint density at radius 3 is 2.50 bits per heavy atom. The number of amides is 3. The van der Waals surface area contributed by atoms with E-state index in [1.54, 1.807) is 6.08 Å². The molecule has 0 aromatic heterocycles. The van der Waals surface area contributed by atoms with Gasteiger partial charge in [0.15, 0.2) is 11.5 Å². The average molecular weight is 489 g/mol. The third-order valence-electron chi connectivity index (χ3n) is 4.71. The highest BCUT2D eigenvalue weighted by molar-refractivity contribution is 8.18. The zero-order valence-corrected chi connectivity index (χ0v) is 19.2. The summed E-state index contributed by atoms with van der Waals surface area (Å²) < 4.78 is 34.2. The molecule has 1 N–H and O–H groups in total. The van der Waals surface area contributed by atoms with Gasteiger partial charge in [0, 0.05) is 19.2 Å². The third-order valence-corrected chi connectivity index (χ3v) is 5.62. The lowest BCUT2D eigenvalue weighted by Crippen LogP contribution is -2.36. The minimum Gasteiger partial charge on any atom is -0.493 e. The largest absolute Gasteiger partial charge is 0.493 e. The first kappa shape index (κ1) is 25.0. The minimum atomic E-state index is -2.98. The smallest absolute Gasteiger partial charge is 0.387 e. The minimum absolute atomic E-state index is 0.0307. The number of nitrogens with one attached hydrogen (secondary N) is 1. The summed E-state index contributed by atoms with van der Waals surface area (Å²) in [7, 11) is 1.31. The predicted molar refractivity (Wildman–Crippen MR) is 126 cm³/mol. The number of carbonyl (C=O) groups is 3. The van der Waals surface area contributed by atoms with Gasteiger partial charge in [0.25, 0.3) is 11.1 Å². The average Bonchev–Trinajstić information content (AvgIpc) is 3.06. The van der Waals surface area contributed by atoms with Crippen molar-refractivity contribution in [3.63, 3.8) is 0 Å². The Kier molecular flexibility index (Phi) is 8.42. The maximum absolute atomic E-state index is 12.5. The number of aryl methyl sites for hydroxylation is 1. The quantitative estimate of drug-likeness (QED) is 0.525.